The van der Waals surface area contributed by atoms with E-state index in [2.05, 4.69) is 23.5 Å². The molecule has 30 heavy (non-hydrogen) atoms. The Morgan fingerprint density at radius 1 is 1.27 bits per heavy atom. The zero-order valence-electron chi connectivity index (χ0n) is 17.0. The quantitative estimate of drug-likeness (QED) is 0.661. The van der Waals surface area contributed by atoms with Crippen LogP contribution in [-0.2, 0) is 4.79 Å². The molecule has 1 saturated heterocycles. The second-order valence-corrected chi connectivity index (χ2v) is 9.20. The van der Waals surface area contributed by atoms with Crippen LogP contribution in [0.1, 0.15) is 42.3 Å². The van der Waals surface area contributed by atoms with Crippen molar-refractivity contribution in [2.75, 3.05) is 26.4 Å². The summed E-state index contributed by atoms with van der Waals surface area (Å²) in [5.41, 5.74) is 2.11. The first-order valence-corrected chi connectivity index (χ1v) is 11.4. The van der Waals surface area contributed by atoms with Crippen LogP contribution < -0.4 is 19.7 Å². The first-order chi connectivity index (χ1) is 14.7. The molecule has 1 amide bonds. The van der Waals surface area contributed by atoms with Crippen molar-refractivity contribution in [1.29, 1.82) is 0 Å². The Morgan fingerprint density at radius 3 is 3.03 bits per heavy atom. The molecular formula is C23H26N3O3S+. The van der Waals surface area contributed by atoms with Crippen molar-refractivity contribution < 1.29 is 19.2 Å². The molecule has 3 aromatic rings. The van der Waals surface area contributed by atoms with Crippen LogP contribution in [0.2, 0.25) is 0 Å². The Bertz CT molecular complexity index is 1030. The van der Waals surface area contributed by atoms with Gasteiger partial charge >= 0.3 is 0 Å². The highest BCUT2D eigenvalue weighted by atomic mass is 32.1. The predicted molar refractivity (Wildman–Crippen MR) is 116 cm³/mol. The van der Waals surface area contributed by atoms with Crippen LogP contribution in [0.5, 0.6) is 11.5 Å². The van der Waals surface area contributed by atoms with Gasteiger partial charge in [0.2, 0.25) is 6.79 Å². The number of aromatic nitrogens is 1. The molecule has 2 N–H and O–H groups in total. The fourth-order valence-electron chi connectivity index (χ4n) is 4.37. The summed E-state index contributed by atoms with van der Waals surface area (Å²) in [6.07, 6.45) is 2.28. The fraction of sp³-hybridized carbons (Fsp3) is 0.391. The van der Waals surface area contributed by atoms with Crippen molar-refractivity contribution in [2.24, 2.45) is 0 Å². The van der Waals surface area contributed by atoms with Crippen LogP contribution in [0.3, 0.4) is 0 Å². The number of thiazole rings is 1. The Hall–Kier alpha value is -2.64. The molecule has 0 aliphatic carbocycles. The topological polar surface area (TPSA) is 64.9 Å². The van der Waals surface area contributed by atoms with Gasteiger partial charge in [-0.2, -0.15) is 0 Å². The lowest BCUT2D eigenvalue weighted by atomic mass is 9.98. The Morgan fingerprint density at radius 2 is 2.13 bits per heavy atom. The van der Waals surface area contributed by atoms with Gasteiger partial charge in [0.05, 0.1) is 35.3 Å². The number of benzene rings is 2. The zero-order chi connectivity index (χ0) is 20.5. The number of fused-ring (bicyclic) bond motifs is 2. The summed E-state index contributed by atoms with van der Waals surface area (Å²) >= 11 is 1.80. The summed E-state index contributed by atoms with van der Waals surface area (Å²) in [5.74, 6) is 2.02. The van der Waals surface area contributed by atoms with E-state index in [1.807, 2.05) is 31.2 Å². The molecule has 3 atom stereocenters. The van der Waals surface area contributed by atoms with E-state index in [-0.39, 0.29) is 18.7 Å². The lowest BCUT2D eigenvalue weighted by Crippen LogP contribution is -3.14. The largest absolute Gasteiger partial charge is 0.454 e. The molecule has 0 spiro atoms. The number of para-hydroxylation sites is 1. The van der Waals surface area contributed by atoms with E-state index in [0.717, 1.165) is 48.5 Å². The molecule has 3 heterocycles. The molecule has 1 unspecified atom stereocenters. The summed E-state index contributed by atoms with van der Waals surface area (Å²) in [5, 5.41) is 4.35. The molecule has 0 saturated carbocycles. The van der Waals surface area contributed by atoms with Crippen LogP contribution in [0.15, 0.2) is 42.5 Å². The number of carbonyl (C=O) groups is 1. The first kappa shape index (κ1) is 19.3. The fourth-order valence-corrected chi connectivity index (χ4v) is 5.47. The number of quaternary nitrogens is 1. The standard InChI is InChI=1S/C23H25N3O3S/c1-15(16-8-9-19-20(11-16)29-14-28-19)24-22(27)13-26-10-4-5-17(12-26)23-25-18-6-2-3-7-21(18)30-23/h2-3,6-9,11,15,17H,4-5,10,12-14H2,1H3,(H,24,27)/p+1/t15-,17-/m0/s1. The average Bonchev–Trinajstić information content (AvgIpc) is 3.40. The Kier molecular flexibility index (Phi) is 5.31. The minimum Gasteiger partial charge on any atom is -0.454 e. The lowest BCUT2D eigenvalue weighted by Gasteiger charge is -2.28. The third-order valence-corrected chi connectivity index (χ3v) is 7.16. The second kappa shape index (κ2) is 8.24. The molecular weight excluding hydrogens is 398 g/mol. The summed E-state index contributed by atoms with van der Waals surface area (Å²) in [4.78, 5) is 18.9. The second-order valence-electron chi connectivity index (χ2n) is 8.14. The maximum absolute atomic E-state index is 12.7. The molecule has 2 aromatic carbocycles. The molecule has 7 heteroatoms. The van der Waals surface area contributed by atoms with E-state index in [0.29, 0.717) is 12.5 Å². The van der Waals surface area contributed by atoms with E-state index in [1.54, 1.807) is 11.3 Å². The molecule has 0 bridgehead atoms. The summed E-state index contributed by atoms with van der Waals surface area (Å²) in [7, 11) is 0. The van der Waals surface area contributed by atoms with Gasteiger partial charge < -0.3 is 19.7 Å². The van der Waals surface area contributed by atoms with Gasteiger partial charge in [-0.05, 0) is 49.6 Å². The van der Waals surface area contributed by atoms with Gasteiger partial charge in [-0.15, -0.1) is 11.3 Å². The maximum Gasteiger partial charge on any atom is 0.275 e. The lowest BCUT2D eigenvalue weighted by molar-refractivity contribution is -0.898. The molecule has 6 nitrogen and oxygen atoms in total. The molecule has 1 fully saturated rings. The van der Waals surface area contributed by atoms with E-state index >= 15 is 0 Å². The summed E-state index contributed by atoms with van der Waals surface area (Å²) in [6, 6.07) is 14.1. The van der Waals surface area contributed by atoms with E-state index in [4.69, 9.17) is 14.5 Å². The van der Waals surface area contributed by atoms with E-state index < -0.39 is 0 Å². The molecule has 2 aliphatic heterocycles. The van der Waals surface area contributed by atoms with Gasteiger partial charge in [-0.25, -0.2) is 4.98 Å². The SMILES string of the molecule is C[C@H](NC(=O)C[NH+]1CCC[C@H](c2nc3ccccc3s2)C1)c1ccc2c(c1)OCO2. The number of carbonyl (C=O) groups excluding carboxylic acids is 1. The van der Waals surface area contributed by atoms with Crippen LogP contribution in [0, 0.1) is 0 Å². The highest BCUT2D eigenvalue weighted by Crippen LogP contribution is 2.34. The molecule has 0 radical (unpaired) electrons. The van der Waals surface area contributed by atoms with Crippen molar-refractivity contribution in [3.05, 3.63) is 53.0 Å². The van der Waals surface area contributed by atoms with Crippen molar-refractivity contribution in [2.45, 2.75) is 31.7 Å². The number of likely N-dealkylation sites (tertiary alicyclic amines) is 1. The van der Waals surface area contributed by atoms with Crippen molar-refractivity contribution in [3.8, 4) is 11.5 Å². The van der Waals surface area contributed by atoms with Crippen LogP contribution in [0.25, 0.3) is 10.2 Å². The van der Waals surface area contributed by atoms with E-state index in [9.17, 15) is 4.79 Å². The highest BCUT2D eigenvalue weighted by Gasteiger charge is 2.28. The smallest absolute Gasteiger partial charge is 0.275 e. The number of nitrogens with zero attached hydrogens (tertiary/aromatic N) is 1. The number of nitrogens with one attached hydrogen (secondary N) is 2. The Labute approximate surface area is 179 Å². The third kappa shape index (κ3) is 4.00. The predicted octanol–water partition coefficient (Wildman–Crippen LogP) is 2.66. The maximum atomic E-state index is 12.7. The normalized spacial score (nSPS) is 21.5. The molecule has 5 rings (SSSR count). The average molecular weight is 425 g/mol. The van der Waals surface area contributed by atoms with Crippen molar-refractivity contribution in [1.82, 2.24) is 10.3 Å². The minimum absolute atomic E-state index is 0.0729. The summed E-state index contributed by atoms with van der Waals surface area (Å²) < 4.78 is 12.1. The third-order valence-electron chi connectivity index (χ3n) is 5.96. The first-order valence-electron chi connectivity index (χ1n) is 10.5. The van der Waals surface area contributed by atoms with Crippen molar-refractivity contribution >= 4 is 27.5 Å². The van der Waals surface area contributed by atoms with Gasteiger partial charge in [0.1, 0.15) is 5.01 Å². The molecule has 156 valence electrons. The Balaban J connectivity index is 1.19. The van der Waals surface area contributed by atoms with Gasteiger partial charge in [0, 0.05) is 0 Å². The van der Waals surface area contributed by atoms with Gasteiger partial charge in [0.25, 0.3) is 5.91 Å². The van der Waals surface area contributed by atoms with Gasteiger partial charge in [0.15, 0.2) is 18.0 Å². The molecule has 1 aromatic heterocycles. The number of ether oxygens (including phenoxy) is 2. The van der Waals surface area contributed by atoms with Crippen LogP contribution in [-0.4, -0.2) is 37.3 Å². The van der Waals surface area contributed by atoms with E-state index in [1.165, 1.54) is 14.6 Å². The number of piperidine rings is 1. The van der Waals surface area contributed by atoms with Gasteiger partial charge in [-0.3, -0.25) is 4.79 Å². The monoisotopic (exact) mass is 424 g/mol. The number of hydrogen-bond donors (Lipinski definition) is 2. The highest BCUT2D eigenvalue weighted by molar-refractivity contribution is 7.18. The van der Waals surface area contributed by atoms with Crippen LogP contribution in [0.4, 0.5) is 0 Å². The van der Waals surface area contributed by atoms with Crippen LogP contribution >= 0.6 is 11.3 Å². The zero-order valence-corrected chi connectivity index (χ0v) is 17.8. The number of rotatable bonds is 5. The summed E-state index contributed by atoms with van der Waals surface area (Å²) in [6.45, 7) is 4.76. The minimum atomic E-state index is -0.0729. The molecule has 2 aliphatic rings. The van der Waals surface area contributed by atoms with Crippen molar-refractivity contribution in [3.63, 3.8) is 0 Å². The number of amides is 1. The number of hydrogen-bond acceptors (Lipinski definition) is 5. The van der Waals surface area contributed by atoms with Gasteiger partial charge in [-0.1, -0.05) is 18.2 Å².